The van der Waals surface area contributed by atoms with Crippen LogP contribution in [0.2, 0.25) is 0 Å². The molecule has 2 aromatic heterocycles. The number of anilines is 1. The number of amides is 6. The highest BCUT2D eigenvalue weighted by Gasteiger charge is 2.55. The van der Waals surface area contributed by atoms with Crippen molar-refractivity contribution in [3.8, 4) is 0 Å². The smallest absolute Gasteiger partial charge is 0.264 e. The summed E-state index contributed by atoms with van der Waals surface area (Å²) in [5, 5.41) is 12.8. The number of carbonyl (C=O) groups is 6. The van der Waals surface area contributed by atoms with Gasteiger partial charge in [0.05, 0.1) is 44.8 Å². The third-order valence-electron chi connectivity index (χ3n) is 15.4. The fraction of sp³-hybridized carbons (Fsp3) is 0.434. The van der Waals surface area contributed by atoms with Crippen LogP contribution in [0.15, 0.2) is 66.7 Å². The SMILES string of the molecule is CO[C@@H]1[C@H](N(C)C(=O)CCCCCCCCCCCNc2cccc3c2C(=O)N(C2CCC(=O)NC2=O)C3=O)C[C@H]2O[C@]1(C)n1c3ccccc3c3c4c(c5c6ccccc6n2c5c31)C(=O)NC4. The number of ether oxygens (including phenoxy) is 2. The van der Waals surface area contributed by atoms with Crippen molar-refractivity contribution < 1.29 is 38.2 Å². The molecule has 1 unspecified atom stereocenters. The number of piperidine rings is 1. The number of rotatable bonds is 16. The van der Waals surface area contributed by atoms with Gasteiger partial charge in [-0.3, -0.25) is 39.0 Å². The Morgan fingerprint density at radius 3 is 2.25 bits per heavy atom. The molecule has 5 aliphatic rings. The zero-order valence-electron chi connectivity index (χ0n) is 38.8. The van der Waals surface area contributed by atoms with Crippen LogP contribution in [-0.2, 0) is 36.1 Å². The fourth-order valence-electron chi connectivity index (χ4n) is 12.3. The van der Waals surface area contributed by atoms with Crippen molar-refractivity contribution in [1.82, 2.24) is 29.6 Å². The highest BCUT2D eigenvalue weighted by atomic mass is 16.6. The fourth-order valence-corrected chi connectivity index (χ4v) is 12.3. The van der Waals surface area contributed by atoms with Crippen molar-refractivity contribution in [2.24, 2.45) is 0 Å². The van der Waals surface area contributed by atoms with Gasteiger partial charge in [0.2, 0.25) is 17.7 Å². The number of hydrogen-bond acceptors (Lipinski definition) is 9. The highest BCUT2D eigenvalue weighted by molar-refractivity contribution is 6.31. The van der Waals surface area contributed by atoms with Gasteiger partial charge in [-0.25, -0.2) is 0 Å². The monoisotopic (exact) mass is 919 g/mol. The van der Waals surface area contributed by atoms with Crippen LogP contribution in [0.25, 0.3) is 43.6 Å². The number of carbonyl (C=O) groups excluding carboxylic acids is 6. The number of benzene rings is 4. The number of unbranched alkanes of at least 4 members (excludes halogenated alkanes) is 8. The molecule has 0 radical (unpaired) electrons. The molecule has 0 saturated carbocycles. The van der Waals surface area contributed by atoms with E-state index in [0.29, 0.717) is 31.6 Å². The van der Waals surface area contributed by atoms with E-state index in [1.165, 1.54) is 0 Å². The Morgan fingerprint density at radius 2 is 1.51 bits per heavy atom. The van der Waals surface area contributed by atoms with Gasteiger partial charge in [-0.1, -0.05) is 87.4 Å². The second-order valence-corrected chi connectivity index (χ2v) is 19.3. The summed E-state index contributed by atoms with van der Waals surface area (Å²) in [6.45, 7) is 3.20. The lowest BCUT2D eigenvalue weighted by molar-refractivity contribution is -0.266. The summed E-state index contributed by atoms with van der Waals surface area (Å²) in [7, 11) is 3.63. The molecule has 4 aromatic carbocycles. The number of aromatic nitrogens is 2. The number of methoxy groups -OCH3 is 1. The van der Waals surface area contributed by atoms with E-state index in [-0.39, 0.29) is 41.8 Å². The Hall–Kier alpha value is -6.58. The van der Waals surface area contributed by atoms with Crippen LogP contribution in [0.4, 0.5) is 5.69 Å². The quantitative estimate of drug-likeness (QED) is 0.0642. The molecule has 2 bridgehead atoms. The number of fused-ring (bicyclic) bond motifs is 14. The van der Waals surface area contributed by atoms with Gasteiger partial charge in [-0.05, 0) is 56.0 Å². The second-order valence-electron chi connectivity index (χ2n) is 19.3. The molecule has 15 heteroatoms. The van der Waals surface area contributed by atoms with Crippen LogP contribution in [0.5, 0.6) is 0 Å². The van der Waals surface area contributed by atoms with E-state index in [1.54, 1.807) is 25.3 Å². The van der Waals surface area contributed by atoms with E-state index in [1.807, 2.05) is 36.2 Å². The minimum Gasteiger partial charge on any atom is -0.384 e. The lowest BCUT2D eigenvalue weighted by Crippen LogP contribution is -2.61. The first kappa shape index (κ1) is 44.0. The minimum absolute atomic E-state index is 0.0573. The summed E-state index contributed by atoms with van der Waals surface area (Å²) in [6.07, 6.45) is 9.45. The van der Waals surface area contributed by atoms with Gasteiger partial charge in [-0.15, -0.1) is 0 Å². The van der Waals surface area contributed by atoms with Crippen LogP contribution in [-0.4, -0.2) is 93.3 Å². The van der Waals surface area contributed by atoms with Crippen LogP contribution >= 0.6 is 0 Å². The second kappa shape index (κ2) is 17.2. The van der Waals surface area contributed by atoms with E-state index in [4.69, 9.17) is 9.47 Å². The first-order valence-corrected chi connectivity index (χ1v) is 24.4. The maximum absolute atomic E-state index is 14.2. The maximum Gasteiger partial charge on any atom is 0.264 e. The topological polar surface area (TPSA) is 173 Å². The average molecular weight is 920 g/mol. The van der Waals surface area contributed by atoms with Crippen LogP contribution in [0.3, 0.4) is 0 Å². The Labute approximate surface area is 393 Å². The molecule has 5 atom stereocenters. The molecular formula is C53H57N7O8. The van der Waals surface area contributed by atoms with Crippen molar-refractivity contribution in [2.75, 3.05) is 26.0 Å². The van der Waals surface area contributed by atoms with E-state index >= 15 is 0 Å². The molecule has 6 amide bonds. The molecule has 2 saturated heterocycles. The molecule has 5 aliphatic heterocycles. The largest absolute Gasteiger partial charge is 0.384 e. The Morgan fingerprint density at radius 1 is 0.824 bits per heavy atom. The number of hydrogen-bond donors (Lipinski definition) is 3. The molecule has 3 N–H and O–H groups in total. The van der Waals surface area contributed by atoms with Crippen molar-refractivity contribution in [3.05, 3.63) is 89.0 Å². The van der Waals surface area contributed by atoms with Gasteiger partial charge in [-0.2, -0.15) is 0 Å². The number of likely N-dealkylation sites (N-methyl/N-ethyl adjacent to an activating group) is 1. The molecule has 7 heterocycles. The van der Waals surface area contributed by atoms with E-state index in [9.17, 15) is 28.8 Å². The third-order valence-corrected chi connectivity index (χ3v) is 15.4. The van der Waals surface area contributed by atoms with E-state index in [0.717, 1.165) is 117 Å². The summed E-state index contributed by atoms with van der Waals surface area (Å²) >= 11 is 0. The Balaban J connectivity index is 0.689. The molecule has 6 aromatic rings. The van der Waals surface area contributed by atoms with Gasteiger partial charge in [0, 0.05) is 73.7 Å². The van der Waals surface area contributed by atoms with Crippen molar-refractivity contribution in [3.63, 3.8) is 0 Å². The van der Waals surface area contributed by atoms with Crippen molar-refractivity contribution in [1.29, 1.82) is 0 Å². The lowest BCUT2D eigenvalue weighted by Gasteiger charge is -2.50. The predicted molar refractivity (Wildman–Crippen MR) is 257 cm³/mol. The summed E-state index contributed by atoms with van der Waals surface area (Å²) in [5.41, 5.74) is 5.88. The van der Waals surface area contributed by atoms with Gasteiger partial charge >= 0.3 is 0 Å². The maximum atomic E-state index is 14.2. The molecule has 2 fully saturated rings. The highest BCUT2D eigenvalue weighted by Crippen LogP contribution is 2.54. The van der Waals surface area contributed by atoms with Gasteiger partial charge in [0.15, 0.2) is 5.72 Å². The predicted octanol–water partition coefficient (Wildman–Crippen LogP) is 8.01. The Kier molecular flexibility index (Phi) is 11.1. The summed E-state index contributed by atoms with van der Waals surface area (Å²) in [4.78, 5) is 81.5. The van der Waals surface area contributed by atoms with Gasteiger partial charge in [0.25, 0.3) is 17.7 Å². The normalized spacial score (nSPS) is 22.9. The average Bonchev–Trinajstić information content (AvgIpc) is 4.05. The van der Waals surface area contributed by atoms with Crippen LogP contribution < -0.4 is 16.0 Å². The molecule has 11 rings (SSSR count). The molecular weight excluding hydrogens is 863 g/mol. The minimum atomic E-state index is -1.00. The van der Waals surface area contributed by atoms with Crippen LogP contribution in [0.1, 0.15) is 133 Å². The zero-order valence-corrected chi connectivity index (χ0v) is 38.8. The molecule has 352 valence electrons. The van der Waals surface area contributed by atoms with Crippen LogP contribution in [0, 0.1) is 0 Å². The molecule has 0 aliphatic carbocycles. The molecule has 15 nitrogen and oxygen atoms in total. The number of nitrogens with one attached hydrogen (secondary N) is 3. The lowest BCUT2D eigenvalue weighted by atomic mass is 9.91. The number of nitrogens with zero attached hydrogens (tertiary/aromatic N) is 4. The first-order chi connectivity index (χ1) is 33.0. The standard InChI is InChI=1S/C53H57N7O8/c1-53-48(67-3)38(28-41(68-53)58-35-22-14-12-18-30(35)44-45-33(29-55-50(45)64)42-31-19-13-15-23-36(31)60(53)47(42)46(44)58)57(2)40(62)24-11-9-7-5-4-6-8-10-16-27-54-34-21-17-20-32-43(34)52(66)59(51(32)65)37-25-26-39(61)56-49(37)63/h12-15,17-23,37-38,41,48,54H,4-11,16,24-29H2,1-3H3,(H,55,64)(H,56,61,63)/t37?,38-,41-,48-,53+/m1/s1. The van der Waals surface area contributed by atoms with Crippen molar-refractivity contribution in [2.45, 2.75) is 127 Å². The molecule has 68 heavy (non-hydrogen) atoms. The van der Waals surface area contributed by atoms with Gasteiger partial charge in [0.1, 0.15) is 18.4 Å². The first-order valence-electron chi connectivity index (χ1n) is 24.4. The van der Waals surface area contributed by atoms with E-state index in [2.05, 4.69) is 56.3 Å². The third kappa shape index (κ3) is 6.74. The zero-order chi connectivity index (χ0) is 47.0. The number of para-hydroxylation sites is 2. The number of imide groups is 2. The molecule has 0 spiro atoms. The van der Waals surface area contributed by atoms with E-state index < -0.39 is 47.7 Å². The summed E-state index contributed by atoms with van der Waals surface area (Å²) in [6, 6.07) is 20.5. The Bertz CT molecular complexity index is 3120. The van der Waals surface area contributed by atoms with Gasteiger partial charge < -0.3 is 34.1 Å². The van der Waals surface area contributed by atoms with Crippen molar-refractivity contribution >= 4 is 84.7 Å². The summed E-state index contributed by atoms with van der Waals surface area (Å²) < 4.78 is 18.4. The summed E-state index contributed by atoms with van der Waals surface area (Å²) in [5.74, 6) is -2.00.